The Kier molecular flexibility index (Phi) is 7.88. The van der Waals surface area contributed by atoms with Gasteiger partial charge in [0.15, 0.2) is 11.5 Å². The van der Waals surface area contributed by atoms with Gasteiger partial charge < -0.3 is 19.3 Å². The van der Waals surface area contributed by atoms with E-state index in [9.17, 15) is 14.7 Å². The second-order valence-electron chi connectivity index (χ2n) is 7.97. The largest absolute Gasteiger partial charge is 0.507 e. The number of aliphatic hydroxyl groups excluding tert-OH is 1. The van der Waals surface area contributed by atoms with Crippen LogP contribution in [0, 0.1) is 6.92 Å². The summed E-state index contributed by atoms with van der Waals surface area (Å²) in [6.07, 6.45) is 1.62. The summed E-state index contributed by atoms with van der Waals surface area (Å²) < 4.78 is 17.0. The molecule has 1 fully saturated rings. The van der Waals surface area contributed by atoms with Crippen LogP contribution in [0.15, 0.2) is 60.7 Å². The monoisotopic (exact) mass is 521 g/mol. The molecule has 0 radical (unpaired) electrons. The standard InChI is InChI=1S/C27H27N3O6S/c1-5-14-36-20-13-10-18(15-21(20)35-7-3)23-22(24(31)17-8-11-19(12-9-17)34-6-2)25(32)26(33)30(23)27-29-28-16(4)37-27/h5,8-13,15,23,31H,1,6-7,14H2,2-4H3/b24-22+. The summed E-state index contributed by atoms with van der Waals surface area (Å²) in [4.78, 5) is 27.9. The number of anilines is 1. The number of carbonyl (C=O) groups is 2. The summed E-state index contributed by atoms with van der Waals surface area (Å²) in [6, 6.07) is 10.8. The molecule has 10 heteroatoms. The minimum atomic E-state index is -0.966. The van der Waals surface area contributed by atoms with Gasteiger partial charge in [0, 0.05) is 5.56 Å². The average molecular weight is 522 g/mol. The van der Waals surface area contributed by atoms with Gasteiger partial charge in [0.05, 0.1) is 24.8 Å². The van der Waals surface area contributed by atoms with Crippen molar-refractivity contribution in [2.45, 2.75) is 26.8 Å². The van der Waals surface area contributed by atoms with Crippen LogP contribution in [-0.2, 0) is 9.59 Å². The molecule has 1 aliphatic rings. The average Bonchev–Trinajstić information content (AvgIpc) is 3.43. The van der Waals surface area contributed by atoms with Gasteiger partial charge in [-0.2, -0.15) is 0 Å². The Morgan fingerprint density at radius 3 is 2.41 bits per heavy atom. The highest BCUT2D eigenvalue weighted by molar-refractivity contribution is 7.15. The van der Waals surface area contributed by atoms with Crippen molar-refractivity contribution in [2.24, 2.45) is 0 Å². The minimum Gasteiger partial charge on any atom is -0.507 e. The molecule has 0 saturated carbocycles. The van der Waals surface area contributed by atoms with Gasteiger partial charge >= 0.3 is 5.91 Å². The van der Waals surface area contributed by atoms with Crippen LogP contribution in [-0.4, -0.2) is 46.8 Å². The summed E-state index contributed by atoms with van der Waals surface area (Å²) >= 11 is 1.18. The predicted molar refractivity (Wildman–Crippen MR) is 140 cm³/mol. The van der Waals surface area contributed by atoms with Gasteiger partial charge in [0.25, 0.3) is 5.78 Å². The second kappa shape index (κ2) is 11.3. The molecule has 0 bridgehead atoms. The first kappa shape index (κ1) is 25.9. The lowest BCUT2D eigenvalue weighted by atomic mass is 9.95. The third-order valence-electron chi connectivity index (χ3n) is 5.54. The number of ketones is 1. The van der Waals surface area contributed by atoms with Crippen molar-refractivity contribution in [3.05, 3.63) is 76.8 Å². The minimum absolute atomic E-state index is 0.0655. The molecule has 0 aliphatic carbocycles. The Bertz CT molecular complexity index is 1350. The molecular weight excluding hydrogens is 494 g/mol. The lowest BCUT2D eigenvalue weighted by Gasteiger charge is -2.23. The van der Waals surface area contributed by atoms with Crippen molar-refractivity contribution in [1.29, 1.82) is 0 Å². The SMILES string of the molecule is C=CCOc1ccc(C2/C(=C(\O)c3ccc(OCC)cc3)C(=O)C(=O)N2c2nnc(C)s2)cc1OCC. The van der Waals surface area contributed by atoms with Gasteiger partial charge in [0.1, 0.15) is 23.1 Å². The second-order valence-corrected chi connectivity index (χ2v) is 9.13. The summed E-state index contributed by atoms with van der Waals surface area (Å²) in [5, 5.41) is 20.3. The van der Waals surface area contributed by atoms with E-state index < -0.39 is 17.7 Å². The van der Waals surface area contributed by atoms with Gasteiger partial charge in [-0.3, -0.25) is 14.5 Å². The van der Waals surface area contributed by atoms with E-state index in [1.165, 1.54) is 16.2 Å². The van der Waals surface area contributed by atoms with Crippen LogP contribution in [0.1, 0.15) is 36.0 Å². The van der Waals surface area contributed by atoms with Crippen LogP contribution in [0.2, 0.25) is 0 Å². The maximum atomic E-state index is 13.3. The predicted octanol–water partition coefficient (Wildman–Crippen LogP) is 4.84. The summed E-state index contributed by atoms with van der Waals surface area (Å²) in [5.41, 5.74) is 0.842. The van der Waals surface area contributed by atoms with E-state index in [1.54, 1.807) is 55.5 Å². The van der Waals surface area contributed by atoms with Crippen molar-refractivity contribution in [3.63, 3.8) is 0 Å². The molecule has 9 nitrogen and oxygen atoms in total. The summed E-state index contributed by atoms with van der Waals surface area (Å²) in [5.74, 6) is -0.396. The van der Waals surface area contributed by atoms with Crippen LogP contribution in [0.5, 0.6) is 17.2 Å². The van der Waals surface area contributed by atoms with Gasteiger partial charge in [-0.25, -0.2) is 0 Å². The molecule has 1 amide bonds. The normalized spacial score (nSPS) is 16.6. The van der Waals surface area contributed by atoms with Crippen molar-refractivity contribution in [1.82, 2.24) is 10.2 Å². The zero-order valence-corrected chi connectivity index (χ0v) is 21.6. The van der Waals surface area contributed by atoms with Crippen LogP contribution in [0.25, 0.3) is 5.76 Å². The Morgan fingerprint density at radius 1 is 1.05 bits per heavy atom. The molecule has 1 aliphatic heterocycles. The van der Waals surface area contributed by atoms with E-state index in [0.717, 1.165) is 0 Å². The zero-order chi connectivity index (χ0) is 26.5. The molecule has 1 saturated heterocycles. The fraction of sp³-hybridized carbons (Fsp3) is 0.259. The van der Waals surface area contributed by atoms with Crippen molar-refractivity contribution in [2.75, 3.05) is 24.7 Å². The van der Waals surface area contributed by atoms with E-state index in [4.69, 9.17) is 14.2 Å². The van der Waals surface area contributed by atoms with E-state index >= 15 is 0 Å². The third-order valence-corrected chi connectivity index (χ3v) is 6.38. The maximum absolute atomic E-state index is 13.3. The number of aryl methyl sites for hydroxylation is 1. The molecule has 4 rings (SSSR count). The maximum Gasteiger partial charge on any atom is 0.301 e. The number of ether oxygens (including phenoxy) is 3. The van der Waals surface area contributed by atoms with Crippen LogP contribution in [0.3, 0.4) is 0 Å². The lowest BCUT2D eigenvalue weighted by Crippen LogP contribution is -2.29. The van der Waals surface area contributed by atoms with Crippen LogP contribution in [0.4, 0.5) is 5.13 Å². The molecule has 2 aromatic carbocycles. The first-order valence-corrected chi connectivity index (χ1v) is 12.6. The van der Waals surface area contributed by atoms with Gasteiger partial charge in [0.2, 0.25) is 5.13 Å². The first-order valence-electron chi connectivity index (χ1n) is 11.7. The highest BCUT2D eigenvalue weighted by Crippen LogP contribution is 2.44. The zero-order valence-electron chi connectivity index (χ0n) is 20.8. The van der Waals surface area contributed by atoms with E-state index in [2.05, 4.69) is 16.8 Å². The number of rotatable bonds is 10. The number of hydrogen-bond acceptors (Lipinski definition) is 9. The number of Topliss-reactive ketones (excluding diaryl/α,β-unsaturated/α-hetero) is 1. The van der Waals surface area contributed by atoms with E-state index in [0.29, 0.717) is 46.6 Å². The van der Waals surface area contributed by atoms with Gasteiger partial charge in [-0.15, -0.1) is 10.2 Å². The number of aromatic nitrogens is 2. The highest BCUT2D eigenvalue weighted by atomic mass is 32.1. The number of amides is 1. The number of carbonyl (C=O) groups excluding carboxylic acids is 2. The smallest absolute Gasteiger partial charge is 0.301 e. The van der Waals surface area contributed by atoms with E-state index in [1.807, 2.05) is 13.8 Å². The quantitative estimate of drug-likeness (QED) is 0.175. The molecule has 37 heavy (non-hydrogen) atoms. The van der Waals surface area contributed by atoms with Crippen LogP contribution < -0.4 is 19.1 Å². The molecule has 0 spiro atoms. The van der Waals surface area contributed by atoms with Crippen molar-refractivity contribution in [3.8, 4) is 17.2 Å². The highest BCUT2D eigenvalue weighted by Gasteiger charge is 2.48. The number of hydrogen-bond donors (Lipinski definition) is 1. The fourth-order valence-electron chi connectivity index (χ4n) is 3.99. The molecule has 1 unspecified atom stereocenters. The molecule has 192 valence electrons. The third kappa shape index (κ3) is 5.19. The molecule has 1 atom stereocenters. The Labute approximate surface area is 218 Å². The molecular formula is C27H27N3O6S. The topological polar surface area (TPSA) is 111 Å². The number of nitrogens with zero attached hydrogens (tertiary/aromatic N) is 3. The van der Waals surface area contributed by atoms with E-state index in [-0.39, 0.29) is 23.1 Å². The fourth-order valence-corrected chi connectivity index (χ4v) is 4.71. The first-order chi connectivity index (χ1) is 17.9. The van der Waals surface area contributed by atoms with Crippen LogP contribution >= 0.6 is 11.3 Å². The Balaban J connectivity index is 1.88. The number of aliphatic hydroxyl groups is 1. The van der Waals surface area contributed by atoms with Crippen molar-refractivity contribution >= 4 is 33.9 Å². The molecule has 1 N–H and O–H groups in total. The van der Waals surface area contributed by atoms with Crippen molar-refractivity contribution < 1.29 is 28.9 Å². The molecule has 3 aromatic rings. The van der Waals surface area contributed by atoms with Gasteiger partial charge in [-0.05, 0) is 62.7 Å². The molecule has 1 aromatic heterocycles. The molecule has 2 heterocycles. The Hall–Kier alpha value is -4.18. The van der Waals surface area contributed by atoms with Gasteiger partial charge in [-0.1, -0.05) is 30.1 Å². The number of benzene rings is 2. The lowest BCUT2D eigenvalue weighted by molar-refractivity contribution is -0.132. The Morgan fingerprint density at radius 2 is 1.78 bits per heavy atom. The summed E-state index contributed by atoms with van der Waals surface area (Å²) in [6.45, 7) is 10.3. The summed E-state index contributed by atoms with van der Waals surface area (Å²) in [7, 11) is 0.